The number of hydrogen-bond acceptors (Lipinski definition) is 3. The monoisotopic (exact) mass is 338 g/mol. The Hall–Kier alpha value is -2.40. The number of benzene rings is 1. The molecule has 1 N–H and O–H groups in total. The molecule has 0 saturated heterocycles. The van der Waals surface area contributed by atoms with Gasteiger partial charge in [-0.3, -0.25) is 14.4 Å². The Bertz CT molecular complexity index is 760. The van der Waals surface area contributed by atoms with Crippen LogP contribution >= 0.6 is 0 Å². The third-order valence-electron chi connectivity index (χ3n) is 4.77. The van der Waals surface area contributed by atoms with Crippen LogP contribution in [-0.2, 0) is 11.8 Å². The third-order valence-corrected chi connectivity index (χ3v) is 4.77. The Morgan fingerprint density at radius 2 is 2.08 bits per heavy atom. The predicted octanol–water partition coefficient (Wildman–Crippen LogP) is 3.23. The van der Waals surface area contributed by atoms with Crippen LogP contribution in [0.1, 0.15) is 30.9 Å². The Kier molecular flexibility index (Phi) is 5.34. The third kappa shape index (κ3) is 4.17. The lowest BCUT2D eigenvalue weighted by molar-refractivity contribution is -0.121. The van der Waals surface area contributed by atoms with Gasteiger partial charge in [0.2, 0.25) is 5.91 Å². The minimum absolute atomic E-state index is 0.0737. The average Bonchev–Trinajstić information content (AvgIpc) is 3.05. The molecule has 1 aromatic heterocycles. The molecule has 2 heterocycles. The van der Waals surface area contributed by atoms with Crippen LogP contribution in [0.3, 0.4) is 0 Å². The molecule has 3 rings (SSSR count). The number of nitrogens with one attached hydrogen (secondary N) is 1. The second-order valence-corrected chi connectivity index (χ2v) is 6.66. The molecule has 1 aromatic carbocycles. The molecule has 0 unspecified atom stereocenters. The van der Waals surface area contributed by atoms with Crippen LogP contribution in [0.25, 0.3) is 5.57 Å². The zero-order valence-corrected chi connectivity index (χ0v) is 15.2. The maximum Gasteiger partial charge on any atom is 0.241 e. The summed E-state index contributed by atoms with van der Waals surface area (Å²) in [6, 6.07) is 7.83. The van der Waals surface area contributed by atoms with E-state index >= 15 is 0 Å². The Morgan fingerprint density at radius 3 is 2.64 bits per heavy atom. The summed E-state index contributed by atoms with van der Waals surface area (Å²) < 4.78 is 1.83. The van der Waals surface area contributed by atoms with Gasteiger partial charge in [0.25, 0.3) is 0 Å². The molecular weight excluding hydrogens is 312 g/mol. The Labute approximate surface area is 149 Å². The largest absolute Gasteiger partial charge is 0.325 e. The van der Waals surface area contributed by atoms with E-state index in [9.17, 15) is 4.79 Å². The van der Waals surface area contributed by atoms with E-state index in [4.69, 9.17) is 0 Å². The van der Waals surface area contributed by atoms with Gasteiger partial charge in [0.1, 0.15) is 0 Å². The van der Waals surface area contributed by atoms with Gasteiger partial charge in [0, 0.05) is 37.6 Å². The van der Waals surface area contributed by atoms with E-state index in [1.165, 1.54) is 16.7 Å². The number of amides is 1. The lowest BCUT2D eigenvalue weighted by Gasteiger charge is -2.32. The fraction of sp³-hybridized carbons (Fsp3) is 0.400. The molecule has 5 heteroatoms. The number of carbonyl (C=O) groups excluding carboxylic acids is 1. The molecule has 132 valence electrons. The van der Waals surface area contributed by atoms with Gasteiger partial charge in [-0.2, -0.15) is 5.10 Å². The second kappa shape index (κ2) is 7.66. The van der Waals surface area contributed by atoms with Crippen LogP contribution in [0.5, 0.6) is 0 Å². The predicted molar refractivity (Wildman–Crippen MR) is 101 cm³/mol. The zero-order chi connectivity index (χ0) is 17.8. The van der Waals surface area contributed by atoms with Crippen molar-refractivity contribution in [1.82, 2.24) is 14.7 Å². The summed E-state index contributed by atoms with van der Waals surface area (Å²) in [5.41, 5.74) is 4.55. The van der Waals surface area contributed by atoms with Gasteiger partial charge in [-0.15, -0.1) is 0 Å². The molecule has 0 radical (unpaired) electrons. The van der Waals surface area contributed by atoms with Crippen LogP contribution < -0.4 is 5.32 Å². The van der Waals surface area contributed by atoms with E-state index in [1.54, 1.807) is 0 Å². The minimum Gasteiger partial charge on any atom is -0.325 e. The summed E-state index contributed by atoms with van der Waals surface area (Å²) in [5.74, 6) is 0.0737. The molecule has 25 heavy (non-hydrogen) atoms. The number of rotatable bonds is 5. The van der Waals surface area contributed by atoms with E-state index in [0.717, 1.165) is 31.6 Å². The topological polar surface area (TPSA) is 50.2 Å². The van der Waals surface area contributed by atoms with Crippen molar-refractivity contribution in [2.24, 2.45) is 7.05 Å². The highest BCUT2D eigenvalue weighted by atomic mass is 16.2. The molecule has 0 saturated carbocycles. The van der Waals surface area contributed by atoms with Crippen molar-refractivity contribution in [2.75, 3.05) is 18.4 Å². The lowest BCUT2D eigenvalue weighted by atomic mass is 10.0. The molecule has 1 aliphatic rings. The van der Waals surface area contributed by atoms with Crippen LogP contribution in [-0.4, -0.2) is 39.7 Å². The molecular formula is C20H26N4O. The second-order valence-electron chi connectivity index (χ2n) is 6.66. The lowest BCUT2D eigenvalue weighted by Crippen LogP contribution is -2.45. The first kappa shape index (κ1) is 17.4. The van der Waals surface area contributed by atoms with Crippen LogP contribution in [0.4, 0.5) is 5.69 Å². The van der Waals surface area contributed by atoms with Crippen LogP contribution in [0.2, 0.25) is 0 Å². The number of aryl methyl sites for hydroxylation is 2. The SMILES string of the molecule is CC[C@@H](C(=O)Nc1ccc(C)cc1)N1CC=C(c2cnn(C)c2)CC1. The molecule has 1 amide bonds. The summed E-state index contributed by atoms with van der Waals surface area (Å²) in [7, 11) is 1.93. The van der Waals surface area contributed by atoms with Gasteiger partial charge in [0.15, 0.2) is 0 Å². The molecule has 1 atom stereocenters. The fourth-order valence-electron chi connectivity index (χ4n) is 3.29. The number of anilines is 1. The maximum atomic E-state index is 12.7. The van der Waals surface area contributed by atoms with E-state index in [-0.39, 0.29) is 11.9 Å². The van der Waals surface area contributed by atoms with Crippen molar-refractivity contribution in [3.63, 3.8) is 0 Å². The van der Waals surface area contributed by atoms with Gasteiger partial charge in [-0.05, 0) is 37.5 Å². The van der Waals surface area contributed by atoms with Gasteiger partial charge in [-0.25, -0.2) is 0 Å². The zero-order valence-electron chi connectivity index (χ0n) is 15.2. The Balaban J connectivity index is 1.64. The highest BCUT2D eigenvalue weighted by Gasteiger charge is 2.26. The molecule has 1 aliphatic heterocycles. The molecule has 0 bridgehead atoms. The summed E-state index contributed by atoms with van der Waals surface area (Å²) in [6.07, 6.45) is 7.92. The van der Waals surface area contributed by atoms with E-state index in [2.05, 4.69) is 28.3 Å². The number of nitrogens with zero attached hydrogens (tertiary/aromatic N) is 3. The molecule has 2 aromatic rings. The van der Waals surface area contributed by atoms with E-state index in [1.807, 2.05) is 55.3 Å². The first-order valence-corrected chi connectivity index (χ1v) is 8.86. The van der Waals surface area contributed by atoms with Gasteiger partial charge in [-0.1, -0.05) is 30.7 Å². The smallest absolute Gasteiger partial charge is 0.241 e. The number of carbonyl (C=O) groups is 1. The van der Waals surface area contributed by atoms with E-state index in [0.29, 0.717) is 0 Å². The standard InChI is InChI=1S/C20H26N4O/c1-4-19(20(25)22-18-7-5-15(2)6-8-18)24-11-9-16(10-12-24)17-13-21-23(3)14-17/h5-9,13-14,19H,4,10-12H2,1-3H3,(H,22,25)/t19-/m0/s1. The summed E-state index contributed by atoms with van der Waals surface area (Å²) in [4.78, 5) is 14.9. The van der Waals surface area contributed by atoms with Crippen molar-refractivity contribution in [2.45, 2.75) is 32.7 Å². The molecule has 0 aliphatic carbocycles. The highest BCUT2D eigenvalue weighted by molar-refractivity contribution is 5.94. The maximum absolute atomic E-state index is 12.7. The highest BCUT2D eigenvalue weighted by Crippen LogP contribution is 2.24. The summed E-state index contributed by atoms with van der Waals surface area (Å²) >= 11 is 0. The van der Waals surface area contributed by atoms with Crippen molar-refractivity contribution in [3.05, 3.63) is 53.9 Å². The average molecular weight is 338 g/mol. The fourth-order valence-corrected chi connectivity index (χ4v) is 3.29. The van der Waals surface area contributed by atoms with Crippen LogP contribution in [0.15, 0.2) is 42.7 Å². The van der Waals surface area contributed by atoms with E-state index < -0.39 is 0 Å². The molecule has 5 nitrogen and oxygen atoms in total. The van der Waals surface area contributed by atoms with Crippen molar-refractivity contribution < 1.29 is 4.79 Å². The number of aromatic nitrogens is 2. The molecule has 0 spiro atoms. The summed E-state index contributed by atoms with van der Waals surface area (Å²) in [6.45, 7) is 5.80. The van der Waals surface area contributed by atoms with Crippen LogP contribution in [0, 0.1) is 6.92 Å². The minimum atomic E-state index is -0.104. The van der Waals surface area contributed by atoms with Gasteiger partial charge in [0.05, 0.1) is 12.2 Å². The first-order valence-electron chi connectivity index (χ1n) is 8.86. The normalized spacial score (nSPS) is 16.4. The first-order chi connectivity index (χ1) is 12.1. The van der Waals surface area contributed by atoms with Crippen molar-refractivity contribution >= 4 is 17.2 Å². The van der Waals surface area contributed by atoms with Crippen molar-refractivity contribution in [3.8, 4) is 0 Å². The Morgan fingerprint density at radius 1 is 1.32 bits per heavy atom. The van der Waals surface area contributed by atoms with Gasteiger partial charge < -0.3 is 5.32 Å². The number of hydrogen-bond donors (Lipinski definition) is 1. The molecule has 0 fully saturated rings. The quantitative estimate of drug-likeness (QED) is 0.910. The van der Waals surface area contributed by atoms with Gasteiger partial charge >= 0.3 is 0 Å². The summed E-state index contributed by atoms with van der Waals surface area (Å²) in [5, 5.41) is 7.29. The van der Waals surface area contributed by atoms with Crippen molar-refractivity contribution in [1.29, 1.82) is 0 Å².